The molecular weight excluding hydrogens is 196 g/mol. The lowest BCUT2D eigenvalue weighted by Gasteiger charge is -2.16. The fraction of sp³-hybridized carbons (Fsp3) is 0.400. The van der Waals surface area contributed by atoms with Crippen LogP contribution in [0.5, 0.6) is 0 Å². The second-order valence-corrected chi connectivity index (χ2v) is 5.12. The van der Waals surface area contributed by atoms with Gasteiger partial charge in [-0.25, -0.2) is 0 Å². The first-order chi connectivity index (χ1) is 7.74. The number of carbonyl (C=O) groups excluding carboxylic acids is 1. The van der Waals surface area contributed by atoms with Crippen LogP contribution in [-0.4, -0.2) is 5.78 Å². The summed E-state index contributed by atoms with van der Waals surface area (Å²) in [6.45, 7) is 2.05. The van der Waals surface area contributed by atoms with E-state index < -0.39 is 0 Å². The van der Waals surface area contributed by atoms with Gasteiger partial charge in [-0.1, -0.05) is 42.0 Å². The van der Waals surface area contributed by atoms with Crippen LogP contribution in [0.2, 0.25) is 0 Å². The lowest BCUT2D eigenvalue weighted by atomic mass is 9.86. The Kier molecular flexibility index (Phi) is 2.20. The number of aryl methyl sites for hydroxylation is 1. The van der Waals surface area contributed by atoms with Gasteiger partial charge in [0.05, 0.1) is 0 Å². The summed E-state index contributed by atoms with van der Waals surface area (Å²) in [5.41, 5.74) is 2.10. The largest absolute Gasteiger partial charge is 0.294 e. The van der Waals surface area contributed by atoms with Crippen molar-refractivity contribution < 1.29 is 4.79 Å². The maximum Gasteiger partial charge on any atom is 0.166 e. The first kappa shape index (κ1) is 9.83. The number of carbonyl (C=O) groups is 1. The molecule has 1 aromatic carbocycles. The molecule has 1 aromatic rings. The lowest BCUT2D eigenvalue weighted by molar-refractivity contribution is 0.0901. The zero-order chi connectivity index (χ0) is 11.1. The van der Waals surface area contributed by atoms with Crippen LogP contribution in [0.15, 0.2) is 36.4 Å². The van der Waals surface area contributed by atoms with Gasteiger partial charge in [0.25, 0.3) is 0 Å². The van der Waals surface area contributed by atoms with Gasteiger partial charge in [0.1, 0.15) is 0 Å². The summed E-state index contributed by atoms with van der Waals surface area (Å²) in [6.07, 6.45) is 6.78. The zero-order valence-electron chi connectivity index (χ0n) is 9.52. The monoisotopic (exact) mass is 212 g/mol. The Hall–Kier alpha value is -1.37. The number of benzene rings is 1. The second-order valence-electron chi connectivity index (χ2n) is 5.12. The van der Waals surface area contributed by atoms with Crippen molar-refractivity contribution in [2.45, 2.75) is 19.8 Å². The average Bonchev–Trinajstić information content (AvgIpc) is 2.91. The van der Waals surface area contributed by atoms with E-state index in [4.69, 9.17) is 0 Å². The van der Waals surface area contributed by atoms with Gasteiger partial charge in [0.15, 0.2) is 5.78 Å². The van der Waals surface area contributed by atoms with Crippen molar-refractivity contribution in [2.24, 2.45) is 17.8 Å². The maximum atomic E-state index is 12.3. The fourth-order valence-electron chi connectivity index (χ4n) is 3.01. The van der Waals surface area contributed by atoms with Gasteiger partial charge in [-0.3, -0.25) is 4.79 Å². The number of ketones is 1. The first-order valence-corrected chi connectivity index (χ1v) is 6.03. The third-order valence-corrected chi connectivity index (χ3v) is 3.95. The van der Waals surface area contributed by atoms with E-state index >= 15 is 0 Å². The molecule has 0 spiro atoms. The summed E-state index contributed by atoms with van der Waals surface area (Å²) in [5.74, 6) is 1.78. The Morgan fingerprint density at radius 1 is 1.12 bits per heavy atom. The van der Waals surface area contributed by atoms with Gasteiger partial charge in [-0.2, -0.15) is 0 Å². The van der Waals surface area contributed by atoms with E-state index in [1.54, 1.807) is 0 Å². The van der Waals surface area contributed by atoms with Crippen molar-refractivity contribution >= 4 is 5.78 Å². The number of Topliss-reactive ketones (excluding diaryl/α,β-unsaturated/α-hetero) is 1. The van der Waals surface area contributed by atoms with Gasteiger partial charge < -0.3 is 0 Å². The highest BCUT2D eigenvalue weighted by Crippen LogP contribution is 2.44. The van der Waals surface area contributed by atoms with E-state index in [9.17, 15) is 4.79 Å². The molecule has 0 aliphatic heterocycles. The Morgan fingerprint density at radius 2 is 1.88 bits per heavy atom. The zero-order valence-corrected chi connectivity index (χ0v) is 9.52. The summed E-state index contributed by atoms with van der Waals surface area (Å²) in [6, 6.07) is 7.98. The van der Waals surface area contributed by atoms with Crippen molar-refractivity contribution in [3.63, 3.8) is 0 Å². The molecule has 0 radical (unpaired) electrons. The van der Waals surface area contributed by atoms with Crippen molar-refractivity contribution in [3.05, 3.63) is 47.5 Å². The summed E-state index contributed by atoms with van der Waals surface area (Å²) in [4.78, 5) is 12.3. The number of hydrogen-bond acceptors (Lipinski definition) is 1. The quantitative estimate of drug-likeness (QED) is 0.542. The normalized spacial score (nSPS) is 30.9. The van der Waals surface area contributed by atoms with Gasteiger partial charge in [0, 0.05) is 11.5 Å². The minimum atomic E-state index is 0.248. The van der Waals surface area contributed by atoms with Crippen molar-refractivity contribution in [3.8, 4) is 0 Å². The third kappa shape index (κ3) is 1.51. The molecule has 3 rings (SSSR count). The Balaban J connectivity index is 1.83. The second kappa shape index (κ2) is 3.58. The van der Waals surface area contributed by atoms with Crippen LogP contribution in [0.25, 0.3) is 0 Å². The Bertz CT molecular complexity index is 441. The summed E-state index contributed by atoms with van der Waals surface area (Å²) < 4.78 is 0. The highest BCUT2D eigenvalue weighted by molar-refractivity contribution is 5.98. The van der Waals surface area contributed by atoms with Crippen LogP contribution >= 0.6 is 0 Å². The minimum Gasteiger partial charge on any atom is -0.294 e. The Labute approximate surface area is 96.2 Å². The van der Waals surface area contributed by atoms with Crippen LogP contribution in [0.3, 0.4) is 0 Å². The molecule has 1 saturated carbocycles. The lowest BCUT2D eigenvalue weighted by Crippen LogP contribution is -2.19. The molecule has 1 nitrogen and oxygen atoms in total. The molecule has 2 aliphatic carbocycles. The molecule has 3 atom stereocenters. The SMILES string of the molecule is Cc1ccc(C(=O)[C@@H]2C[C@@H]3C=C[C@@H]2C3)cc1. The molecule has 16 heavy (non-hydrogen) atoms. The topological polar surface area (TPSA) is 17.1 Å². The molecule has 0 heterocycles. The summed E-state index contributed by atoms with van der Waals surface area (Å²) >= 11 is 0. The molecule has 2 aliphatic rings. The van der Waals surface area contributed by atoms with Crippen LogP contribution in [-0.2, 0) is 0 Å². The molecule has 1 heteroatoms. The number of fused-ring (bicyclic) bond motifs is 2. The predicted octanol–water partition coefficient (Wildman–Crippen LogP) is 3.39. The summed E-state index contributed by atoms with van der Waals surface area (Å²) in [5, 5.41) is 0. The predicted molar refractivity (Wildman–Crippen MR) is 64.4 cm³/mol. The van der Waals surface area contributed by atoms with E-state index in [-0.39, 0.29) is 5.92 Å². The molecule has 0 saturated heterocycles. The molecule has 82 valence electrons. The molecule has 0 amide bonds. The molecule has 0 N–H and O–H groups in total. The standard InChI is InChI=1S/C15H16O/c1-10-2-5-12(6-3-10)15(16)14-9-11-4-7-13(14)8-11/h2-7,11,13-14H,8-9H2,1H3/t11-,13-,14-/m1/s1. The van der Waals surface area contributed by atoms with Crippen LogP contribution in [0, 0.1) is 24.7 Å². The molecule has 0 aromatic heterocycles. The smallest absolute Gasteiger partial charge is 0.166 e. The first-order valence-electron chi connectivity index (χ1n) is 6.03. The van der Waals surface area contributed by atoms with Crippen LogP contribution in [0.4, 0.5) is 0 Å². The Morgan fingerprint density at radius 3 is 2.44 bits per heavy atom. The van der Waals surface area contributed by atoms with Crippen molar-refractivity contribution in [1.29, 1.82) is 0 Å². The minimum absolute atomic E-state index is 0.248. The summed E-state index contributed by atoms with van der Waals surface area (Å²) in [7, 11) is 0. The number of hydrogen-bond donors (Lipinski definition) is 0. The van der Waals surface area contributed by atoms with E-state index in [2.05, 4.69) is 19.1 Å². The maximum absolute atomic E-state index is 12.3. The average molecular weight is 212 g/mol. The van der Waals surface area contributed by atoms with E-state index in [1.165, 1.54) is 12.0 Å². The van der Waals surface area contributed by atoms with Gasteiger partial charge in [-0.05, 0) is 31.6 Å². The molecule has 0 unspecified atom stereocenters. The third-order valence-electron chi connectivity index (χ3n) is 3.95. The molecular formula is C15H16O. The molecule has 2 bridgehead atoms. The van der Waals surface area contributed by atoms with Gasteiger partial charge >= 0.3 is 0 Å². The highest BCUT2D eigenvalue weighted by atomic mass is 16.1. The van der Waals surface area contributed by atoms with E-state index in [0.29, 0.717) is 17.6 Å². The van der Waals surface area contributed by atoms with Crippen molar-refractivity contribution in [2.75, 3.05) is 0 Å². The van der Waals surface area contributed by atoms with Crippen LogP contribution < -0.4 is 0 Å². The fourth-order valence-corrected chi connectivity index (χ4v) is 3.01. The number of rotatable bonds is 2. The van der Waals surface area contributed by atoms with Crippen molar-refractivity contribution in [1.82, 2.24) is 0 Å². The van der Waals surface area contributed by atoms with E-state index in [0.717, 1.165) is 12.0 Å². The number of allylic oxidation sites excluding steroid dienone is 2. The van der Waals surface area contributed by atoms with Crippen LogP contribution in [0.1, 0.15) is 28.8 Å². The highest BCUT2D eigenvalue weighted by Gasteiger charge is 2.39. The van der Waals surface area contributed by atoms with Gasteiger partial charge in [-0.15, -0.1) is 0 Å². The molecule has 1 fully saturated rings. The van der Waals surface area contributed by atoms with Gasteiger partial charge in [0.2, 0.25) is 0 Å². The van der Waals surface area contributed by atoms with E-state index in [1.807, 2.05) is 24.3 Å².